The molecule has 1 aromatic heterocycles. The number of carbonyl (C=O) groups is 1. The van der Waals surface area contributed by atoms with Gasteiger partial charge in [-0.2, -0.15) is 5.10 Å². The smallest absolute Gasteiger partial charge is 0.384 e. The molecule has 74 valence electrons. The highest BCUT2D eigenvalue weighted by Crippen LogP contribution is 1.96. The lowest BCUT2D eigenvalue weighted by molar-refractivity contribution is -0.133. The van der Waals surface area contributed by atoms with Crippen molar-refractivity contribution in [3.05, 3.63) is 18.0 Å². The quantitative estimate of drug-likeness (QED) is 0.514. The fourth-order valence-electron chi connectivity index (χ4n) is 0.954. The average Bonchev–Trinajstić information content (AvgIpc) is 2.63. The van der Waals surface area contributed by atoms with Gasteiger partial charge in [0, 0.05) is 18.7 Å². The Balaban J connectivity index is 2.66. The Bertz CT molecular complexity index is 371. The normalized spacial score (nSPS) is 9.00. The van der Waals surface area contributed by atoms with Crippen LogP contribution in [0.25, 0.3) is 0 Å². The van der Waals surface area contributed by atoms with Crippen LogP contribution in [0.15, 0.2) is 12.4 Å². The highest BCUT2D eigenvalue weighted by atomic mass is 16.5. The second-order valence-corrected chi connectivity index (χ2v) is 2.73. The van der Waals surface area contributed by atoms with Crippen molar-refractivity contribution in [2.45, 2.75) is 19.9 Å². The number of rotatable bonds is 2. The molecule has 1 rings (SSSR count). The summed E-state index contributed by atoms with van der Waals surface area (Å²) in [4.78, 5) is 10.7. The van der Waals surface area contributed by atoms with Crippen LogP contribution in [0.2, 0.25) is 0 Å². The summed E-state index contributed by atoms with van der Waals surface area (Å²) in [5.41, 5.74) is 0.726. The Morgan fingerprint density at radius 1 is 1.71 bits per heavy atom. The number of nitrogens with zero attached hydrogens (tertiary/aromatic N) is 2. The third-order valence-electron chi connectivity index (χ3n) is 1.58. The van der Waals surface area contributed by atoms with Gasteiger partial charge >= 0.3 is 5.97 Å². The summed E-state index contributed by atoms with van der Waals surface area (Å²) in [6.07, 6.45) is 4.45. The summed E-state index contributed by atoms with van der Waals surface area (Å²) >= 11 is 0. The van der Waals surface area contributed by atoms with E-state index in [0.717, 1.165) is 18.5 Å². The van der Waals surface area contributed by atoms with Crippen molar-refractivity contribution >= 4 is 5.97 Å². The molecule has 4 nitrogen and oxygen atoms in total. The molecule has 4 heteroatoms. The summed E-state index contributed by atoms with van der Waals surface area (Å²) < 4.78 is 6.18. The Morgan fingerprint density at radius 3 is 3.14 bits per heavy atom. The van der Waals surface area contributed by atoms with Gasteiger partial charge in [-0.1, -0.05) is 12.8 Å². The lowest BCUT2D eigenvalue weighted by atomic mass is 10.3. The van der Waals surface area contributed by atoms with Crippen LogP contribution in [-0.4, -0.2) is 22.9 Å². The number of methoxy groups -OCH3 is 1. The standard InChI is InChI=1S/C10H12N2O2/c1-3-6-12-8-9(7-11-12)4-5-10(13)14-2/h7-8H,3,6H2,1-2H3. The molecule has 0 amide bonds. The minimum atomic E-state index is -0.534. The first kappa shape index (κ1) is 10.3. The second kappa shape index (κ2) is 5.07. The molecular formula is C10H12N2O2. The molecule has 0 spiro atoms. The van der Waals surface area contributed by atoms with Crippen molar-refractivity contribution in [2.75, 3.05) is 7.11 Å². The number of hydrogen-bond donors (Lipinski definition) is 0. The first-order chi connectivity index (χ1) is 6.76. The summed E-state index contributed by atoms with van der Waals surface area (Å²) in [6, 6.07) is 0. The number of aryl methyl sites for hydroxylation is 1. The largest absolute Gasteiger partial charge is 0.459 e. The maximum Gasteiger partial charge on any atom is 0.384 e. The van der Waals surface area contributed by atoms with E-state index in [1.807, 2.05) is 0 Å². The van der Waals surface area contributed by atoms with Crippen molar-refractivity contribution in [3.8, 4) is 11.8 Å². The van der Waals surface area contributed by atoms with E-state index >= 15 is 0 Å². The molecule has 0 bridgehead atoms. The lowest BCUT2D eigenvalue weighted by Gasteiger charge is -1.93. The highest BCUT2D eigenvalue weighted by Gasteiger charge is 1.94. The van der Waals surface area contributed by atoms with Gasteiger partial charge in [-0.25, -0.2) is 4.79 Å². The SMILES string of the molecule is CCCn1cc(C#CC(=O)OC)cn1. The molecule has 0 N–H and O–H groups in total. The van der Waals surface area contributed by atoms with Gasteiger partial charge in [0.2, 0.25) is 0 Å². The monoisotopic (exact) mass is 192 g/mol. The number of carbonyl (C=O) groups excluding carboxylic acids is 1. The number of hydrogen-bond acceptors (Lipinski definition) is 3. The van der Waals surface area contributed by atoms with E-state index < -0.39 is 5.97 Å². The zero-order valence-electron chi connectivity index (χ0n) is 8.28. The molecule has 0 aromatic carbocycles. The van der Waals surface area contributed by atoms with Crippen molar-refractivity contribution in [2.24, 2.45) is 0 Å². The molecule has 1 heterocycles. The average molecular weight is 192 g/mol. The van der Waals surface area contributed by atoms with E-state index in [9.17, 15) is 4.79 Å². The van der Waals surface area contributed by atoms with Crippen molar-refractivity contribution in [1.82, 2.24) is 9.78 Å². The van der Waals surface area contributed by atoms with Gasteiger partial charge in [-0.15, -0.1) is 0 Å². The van der Waals surface area contributed by atoms with Gasteiger partial charge in [-0.05, 0) is 6.42 Å². The summed E-state index contributed by atoms with van der Waals surface area (Å²) in [5, 5.41) is 4.07. The highest BCUT2D eigenvalue weighted by molar-refractivity contribution is 5.88. The van der Waals surface area contributed by atoms with E-state index in [-0.39, 0.29) is 0 Å². The van der Waals surface area contributed by atoms with Crippen LogP contribution in [0, 0.1) is 11.8 Å². The van der Waals surface area contributed by atoms with Gasteiger partial charge in [0.25, 0.3) is 0 Å². The van der Waals surface area contributed by atoms with E-state index in [2.05, 4.69) is 28.6 Å². The van der Waals surface area contributed by atoms with Gasteiger partial charge in [-0.3, -0.25) is 4.68 Å². The van der Waals surface area contributed by atoms with Crippen LogP contribution < -0.4 is 0 Å². The Hall–Kier alpha value is -1.76. The van der Waals surface area contributed by atoms with Crippen LogP contribution in [0.5, 0.6) is 0 Å². The molecule has 0 saturated heterocycles. The molecule has 0 aliphatic carbocycles. The van der Waals surface area contributed by atoms with Crippen molar-refractivity contribution < 1.29 is 9.53 Å². The third-order valence-corrected chi connectivity index (χ3v) is 1.58. The first-order valence-electron chi connectivity index (χ1n) is 4.38. The molecule has 0 radical (unpaired) electrons. The van der Waals surface area contributed by atoms with E-state index in [0.29, 0.717) is 0 Å². The number of ether oxygens (including phenoxy) is 1. The topological polar surface area (TPSA) is 44.1 Å². The van der Waals surface area contributed by atoms with Crippen LogP contribution in [-0.2, 0) is 16.1 Å². The second-order valence-electron chi connectivity index (χ2n) is 2.73. The van der Waals surface area contributed by atoms with Crippen molar-refractivity contribution in [3.63, 3.8) is 0 Å². The van der Waals surface area contributed by atoms with E-state index in [1.165, 1.54) is 7.11 Å². The van der Waals surface area contributed by atoms with Gasteiger partial charge in [0.05, 0.1) is 18.9 Å². The minimum Gasteiger partial charge on any atom is -0.459 e. The van der Waals surface area contributed by atoms with Gasteiger partial charge in [0.1, 0.15) is 0 Å². The Morgan fingerprint density at radius 2 is 2.50 bits per heavy atom. The molecule has 0 aliphatic heterocycles. The molecule has 14 heavy (non-hydrogen) atoms. The zero-order valence-corrected chi connectivity index (χ0v) is 8.28. The molecule has 0 atom stereocenters. The lowest BCUT2D eigenvalue weighted by Crippen LogP contribution is -1.95. The van der Waals surface area contributed by atoms with Crippen LogP contribution in [0.4, 0.5) is 0 Å². The van der Waals surface area contributed by atoms with Gasteiger partial charge in [0.15, 0.2) is 0 Å². The molecule has 0 fully saturated rings. The molecule has 0 aliphatic rings. The van der Waals surface area contributed by atoms with Crippen LogP contribution in [0.3, 0.4) is 0 Å². The predicted molar refractivity (Wildman–Crippen MR) is 51.4 cm³/mol. The summed E-state index contributed by atoms with van der Waals surface area (Å²) in [6.45, 7) is 2.93. The van der Waals surface area contributed by atoms with Crippen LogP contribution in [0.1, 0.15) is 18.9 Å². The molecule has 0 saturated carbocycles. The Labute approximate surface area is 82.9 Å². The van der Waals surface area contributed by atoms with E-state index in [1.54, 1.807) is 17.1 Å². The fourth-order valence-corrected chi connectivity index (χ4v) is 0.954. The van der Waals surface area contributed by atoms with Crippen LogP contribution >= 0.6 is 0 Å². The molecule has 1 aromatic rings. The van der Waals surface area contributed by atoms with E-state index in [4.69, 9.17) is 0 Å². The zero-order chi connectivity index (χ0) is 10.4. The van der Waals surface area contributed by atoms with Gasteiger partial charge < -0.3 is 4.74 Å². The molecular weight excluding hydrogens is 180 g/mol. The Kier molecular flexibility index (Phi) is 3.74. The number of esters is 1. The number of aromatic nitrogens is 2. The summed E-state index contributed by atoms with van der Waals surface area (Å²) in [7, 11) is 1.30. The first-order valence-corrected chi connectivity index (χ1v) is 4.38. The maximum atomic E-state index is 10.7. The van der Waals surface area contributed by atoms with Crippen molar-refractivity contribution in [1.29, 1.82) is 0 Å². The summed E-state index contributed by atoms with van der Waals surface area (Å²) in [5.74, 6) is 4.47. The molecule has 0 unspecified atom stereocenters. The predicted octanol–water partition coefficient (Wildman–Crippen LogP) is 0.818. The minimum absolute atomic E-state index is 0.534. The fraction of sp³-hybridized carbons (Fsp3) is 0.400. The maximum absolute atomic E-state index is 10.7. The third kappa shape index (κ3) is 2.94.